The molecule has 0 aliphatic heterocycles. The highest BCUT2D eigenvalue weighted by Crippen LogP contribution is 2.16. The second-order valence-corrected chi connectivity index (χ2v) is 8.89. The third-order valence-corrected chi connectivity index (χ3v) is 7.58. The van der Waals surface area contributed by atoms with Gasteiger partial charge in [-0.2, -0.15) is 0 Å². The van der Waals surface area contributed by atoms with E-state index in [2.05, 4.69) is 0 Å². The van der Waals surface area contributed by atoms with Gasteiger partial charge in [-0.1, -0.05) is 8.85 Å². The molecule has 29 heavy (non-hydrogen) atoms. The maximum absolute atomic E-state index is 14.7. The lowest BCUT2D eigenvalue weighted by molar-refractivity contribution is 0.498. The van der Waals surface area contributed by atoms with E-state index in [9.17, 15) is 39.5 Å². The number of hydrogen-bond donors (Lipinski definition) is 0. The summed E-state index contributed by atoms with van der Waals surface area (Å²) in [7, 11) is 0. The lowest BCUT2D eigenvalue weighted by atomic mass is 10.2. The molecule has 0 saturated carbocycles. The smallest absolute Gasteiger partial charge is 0.208 e. The van der Waals surface area contributed by atoms with Crippen molar-refractivity contribution in [2.75, 3.05) is 0 Å². The van der Waals surface area contributed by atoms with Gasteiger partial charge in [0, 0.05) is 23.8 Å². The number of hydrogen-bond acceptors (Lipinski definition) is 0. The van der Waals surface area contributed by atoms with Gasteiger partial charge in [-0.25, -0.2) is 39.5 Å². The minimum atomic E-state index is -4.25. The molecular weight excluding hydrogens is 426 g/mol. The third kappa shape index (κ3) is 3.74. The van der Waals surface area contributed by atoms with Crippen LogP contribution in [-0.4, -0.2) is 14.1 Å². The normalized spacial score (nSPS) is 11.1. The molecule has 10 heteroatoms. The second-order valence-electron chi connectivity index (χ2n) is 6.21. The molecule has 0 atom stereocenters. The zero-order valence-corrected chi connectivity index (χ0v) is 15.5. The molecule has 0 bridgehead atoms. The van der Waals surface area contributed by atoms with Gasteiger partial charge in [-0.15, -0.1) is 0 Å². The topological polar surface area (TPSA) is 0 Å². The Morgan fingerprint density at radius 1 is 0.517 bits per heavy atom. The van der Waals surface area contributed by atoms with Crippen molar-refractivity contribution in [3.8, 4) is 0 Å². The molecule has 0 radical (unpaired) electrons. The van der Waals surface area contributed by atoms with Crippen LogP contribution in [-0.2, 0) is 0 Å². The van der Waals surface area contributed by atoms with E-state index in [1.807, 2.05) is 0 Å². The van der Waals surface area contributed by atoms with Crippen LogP contribution >= 0.6 is 0 Å². The highest BCUT2D eigenvalue weighted by molar-refractivity contribution is 6.95. The van der Waals surface area contributed by atoms with Gasteiger partial charge in [0.1, 0.15) is 40.7 Å². The summed E-state index contributed by atoms with van der Waals surface area (Å²) < 4.78 is 124. The van der Waals surface area contributed by atoms with E-state index in [1.54, 1.807) is 0 Å². The molecule has 0 aromatic heterocycles. The fourth-order valence-corrected chi connectivity index (χ4v) is 6.24. The quantitative estimate of drug-likeness (QED) is 0.335. The molecule has 0 spiro atoms. The van der Waals surface area contributed by atoms with Crippen LogP contribution in [0.4, 0.5) is 39.5 Å². The predicted octanol–water partition coefficient (Wildman–Crippen LogP) is 3.76. The highest BCUT2D eigenvalue weighted by Gasteiger charge is 2.39. The summed E-state index contributed by atoms with van der Waals surface area (Å²) in [5, 5.41) is 0. The van der Waals surface area contributed by atoms with Gasteiger partial charge >= 0.3 is 14.1 Å². The maximum Gasteiger partial charge on any atom is 0.403 e. The molecule has 0 amide bonds. The Kier molecular flexibility index (Phi) is 5.70. The van der Waals surface area contributed by atoms with Crippen LogP contribution in [0.15, 0.2) is 30.3 Å². The maximum atomic E-state index is 14.7. The van der Waals surface area contributed by atoms with E-state index >= 15 is 0 Å². The third-order valence-electron chi connectivity index (χ3n) is 4.39. The lowest BCUT2D eigenvalue weighted by Crippen LogP contribution is -2.57. The Balaban J connectivity index is 2.48. The summed E-state index contributed by atoms with van der Waals surface area (Å²) >= 11 is -4.25. The van der Waals surface area contributed by atoms with Gasteiger partial charge in [-0.05, 0) is 23.5 Å². The molecule has 0 aliphatic rings. The summed E-state index contributed by atoms with van der Waals surface area (Å²) in [6.07, 6.45) is 0. The van der Waals surface area contributed by atoms with E-state index in [-0.39, 0.29) is 18.2 Å². The Bertz CT molecular complexity index is 1070. The van der Waals surface area contributed by atoms with Crippen LogP contribution in [0.25, 0.3) is 0 Å². The van der Waals surface area contributed by atoms with Crippen molar-refractivity contribution in [2.45, 2.75) is 6.92 Å². The predicted molar refractivity (Wildman–Crippen MR) is 88.3 cm³/mol. The number of halogens is 9. The Labute approximate surface area is 162 Å². The van der Waals surface area contributed by atoms with Gasteiger partial charge in [0.05, 0.1) is 0 Å². The fraction of sp³-hybridized carbons (Fsp3) is 0.0526. The summed E-state index contributed by atoms with van der Waals surface area (Å²) in [6.45, 7) is 0.893. The molecule has 0 nitrogen and oxygen atoms in total. The van der Waals surface area contributed by atoms with E-state index in [4.69, 9.17) is 0 Å². The van der Waals surface area contributed by atoms with Crippen molar-refractivity contribution < 1.29 is 39.5 Å². The molecule has 0 saturated heterocycles. The van der Waals surface area contributed by atoms with Crippen LogP contribution in [0.1, 0.15) is 5.56 Å². The number of benzene rings is 3. The largest absolute Gasteiger partial charge is 0.403 e. The first kappa shape index (κ1) is 21.3. The molecule has 0 fully saturated rings. The van der Waals surface area contributed by atoms with E-state index in [0.717, 1.165) is 6.92 Å². The van der Waals surface area contributed by atoms with Crippen molar-refractivity contribution in [1.82, 2.24) is 0 Å². The summed E-state index contributed by atoms with van der Waals surface area (Å²) in [4.78, 5) is 0. The van der Waals surface area contributed by atoms with Crippen LogP contribution in [0.2, 0.25) is 0 Å². The summed E-state index contributed by atoms with van der Waals surface area (Å²) in [6, 6.07) is 1.20. The van der Waals surface area contributed by atoms with Gasteiger partial charge < -0.3 is 0 Å². The first-order valence-electron chi connectivity index (χ1n) is 7.95. The molecule has 0 unspecified atom stereocenters. The molecule has 0 heterocycles. The lowest BCUT2D eigenvalue weighted by Gasteiger charge is -2.19. The minimum absolute atomic E-state index is 0.134. The van der Waals surface area contributed by atoms with Crippen LogP contribution in [0.5, 0.6) is 0 Å². The van der Waals surface area contributed by atoms with Gasteiger partial charge in [-0.3, -0.25) is 0 Å². The van der Waals surface area contributed by atoms with Gasteiger partial charge in [0.2, 0.25) is 0 Å². The molecule has 0 N–H and O–H groups in total. The average molecular weight is 434 g/mol. The standard InChI is InChI=1S/C7H4F3.2C6H2F3.Al/c1-4-6(9)2-5(8)3-7(4)10;2*7-4-1-2-5(8)6(9)3-4;/h2H,1H3;2*1,3H;. The first-order valence-corrected chi connectivity index (χ1v) is 9.69. The molecular formula is C19H8AlF9. The Morgan fingerprint density at radius 2 is 0.966 bits per heavy atom. The van der Waals surface area contributed by atoms with E-state index in [0.29, 0.717) is 12.1 Å². The van der Waals surface area contributed by atoms with Crippen LogP contribution in [0.3, 0.4) is 0 Å². The fourth-order valence-electron chi connectivity index (χ4n) is 3.02. The molecule has 0 aliphatic carbocycles. The average Bonchev–Trinajstić information content (AvgIpc) is 2.63. The SMILES string of the molecule is Cc1c(F)cc(F)[c]([Al]([c]2cc(F)cc(F)c2F)[c]2cc(F)cc(F)c2F)c1F. The van der Waals surface area contributed by atoms with Crippen molar-refractivity contribution in [1.29, 1.82) is 0 Å². The first-order chi connectivity index (χ1) is 13.5. The van der Waals surface area contributed by atoms with Crippen LogP contribution < -0.4 is 13.3 Å². The van der Waals surface area contributed by atoms with Gasteiger partial charge in [0.15, 0.2) is 11.6 Å². The molecule has 3 aromatic rings. The second kappa shape index (κ2) is 7.77. The van der Waals surface area contributed by atoms with E-state index < -0.39 is 85.3 Å². The molecule has 150 valence electrons. The van der Waals surface area contributed by atoms with Gasteiger partial charge in [0.25, 0.3) is 0 Å². The zero-order chi connectivity index (χ0) is 21.6. The van der Waals surface area contributed by atoms with E-state index in [1.165, 1.54) is 0 Å². The zero-order valence-electron chi connectivity index (χ0n) is 14.4. The van der Waals surface area contributed by atoms with Crippen molar-refractivity contribution in [2.24, 2.45) is 0 Å². The highest BCUT2D eigenvalue weighted by atomic mass is 27.2. The monoisotopic (exact) mass is 434 g/mol. The summed E-state index contributed by atoms with van der Waals surface area (Å²) in [5.74, 6) is -14.3. The molecule has 3 rings (SSSR count). The van der Waals surface area contributed by atoms with Crippen LogP contribution in [0, 0.1) is 59.3 Å². The Hall–Kier alpha value is -2.44. The van der Waals surface area contributed by atoms with Crippen molar-refractivity contribution in [3.05, 3.63) is 88.3 Å². The number of rotatable bonds is 3. The minimum Gasteiger partial charge on any atom is -0.208 e. The molecule has 3 aromatic carbocycles. The summed E-state index contributed by atoms with van der Waals surface area (Å²) in [5.41, 5.74) is -0.742. The van der Waals surface area contributed by atoms with Crippen molar-refractivity contribution in [3.63, 3.8) is 0 Å². The Morgan fingerprint density at radius 3 is 1.41 bits per heavy atom. The van der Waals surface area contributed by atoms with Crippen molar-refractivity contribution >= 4 is 27.4 Å².